The number of carbonyl (C=O) groups is 2. The molecular formula is C20H26FN4O3+. The number of benzene rings is 1. The van der Waals surface area contributed by atoms with E-state index in [1.54, 1.807) is 25.3 Å². The van der Waals surface area contributed by atoms with Crippen LogP contribution in [0.4, 0.5) is 10.1 Å². The van der Waals surface area contributed by atoms with Gasteiger partial charge in [-0.3, -0.25) is 9.59 Å². The van der Waals surface area contributed by atoms with Gasteiger partial charge in [0, 0.05) is 12.2 Å². The zero-order valence-corrected chi connectivity index (χ0v) is 15.9. The number of carbonyl (C=O) groups excluding carboxylic acids is 2. The third-order valence-corrected chi connectivity index (χ3v) is 4.99. The Morgan fingerprint density at radius 3 is 2.43 bits per heavy atom. The molecule has 0 radical (unpaired) electrons. The molecule has 1 aromatic heterocycles. The first kappa shape index (κ1) is 19.9. The Balaban J connectivity index is 1.61. The van der Waals surface area contributed by atoms with E-state index in [1.807, 2.05) is 12.1 Å². The van der Waals surface area contributed by atoms with Crippen LogP contribution in [0.5, 0.6) is 0 Å². The standard InChI is InChI=1S/C20H25FN4O3/c1-2-22-19(26)20(27)23-14-17(18-4-3-13-28-18)25-11-9-24(10-12-25)16-7-5-15(21)6-8-16/h3-8,13,17H,2,9-12,14H2,1H3,(H,22,26)(H,23,27)/p+1/t17-/m1/s1. The average Bonchev–Trinajstić information content (AvgIpc) is 3.24. The van der Waals surface area contributed by atoms with Gasteiger partial charge in [0.25, 0.3) is 0 Å². The number of rotatable bonds is 6. The summed E-state index contributed by atoms with van der Waals surface area (Å²) in [5.41, 5.74) is 1.000. The number of likely N-dealkylation sites (N-methyl/N-ethyl adjacent to an activating group) is 1. The van der Waals surface area contributed by atoms with E-state index in [-0.39, 0.29) is 11.9 Å². The smallest absolute Gasteiger partial charge is 0.309 e. The number of nitrogens with one attached hydrogen (secondary N) is 3. The Labute approximate surface area is 163 Å². The molecule has 0 saturated carbocycles. The van der Waals surface area contributed by atoms with E-state index in [0.29, 0.717) is 13.1 Å². The number of piperazine rings is 1. The highest BCUT2D eigenvalue weighted by Gasteiger charge is 2.31. The van der Waals surface area contributed by atoms with E-state index in [2.05, 4.69) is 15.5 Å². The molecule has 1 aliphatic rings. The monoisotopic (exact) mass is 389 g/mol. The molecule has 0 aliphatic carbocycles. The first-order valence-corrected chi connectivity index (χ1v) is 9.53. The minimum Gasteiger partial charge on any atom is -0.463 e. The molecule has 1 aliphatic heterocycles. The second-order valence-corrected chi connectivity index (χ2v) is 6.76. The molecule has 0 bridgehead atoms. The Hall–Kier alpha value is -2.87. The second kappa shape index (κ2) is 9.36. The first-order valence-electron chi connectivity index (χ1n) is 9.53. The van der Waals surface area contributed by atoms with Crippen molar-refractivity contribution in [3.05, 3.63) is 54.2 Å². The lowest BCUT2D eigenvalue weighted by molar-refractivity contribution is -0.932. The van der Waals surface area contributed by atoms with Crippen molar-refractivity contribution in [1.29, 1.82) is 0 Å². The fourth-order valence-electron chi connectivity index (χ4n) is 3.50. The van der Waals surface area contributed by atoms with Crippen LogP contribution in [0.15, 0.2) is 47.1 Å². The number of anilines is 1. The lowest BCUT2D eigenvalue weighted by atomic mass is 10.1. The predicted octanol–water partition coefficient (Wildman–Crippen LogP) is 0.117. The van der Waals surface area contributed by atoms with Gasteiger partial charge < -0.3 is 24.9 Å². The minimum absolute atomic E-state index is 0.0799. The Morgan fingerprint density at radius 1 is 1.14 bits per heavy atom. The van der Waals surface area contributed by atoms with Crippen LogP contribution < -0.4 is 20.4 Å². The number of halogens is 1. The molecule has 7 nitrogen and oxygen atoms in total. The SMILES string of the molecule is CCNC(=O)C(=O)NC[C@H](c1ccco1)[NH+]1CCN(c2ccc(F)cc2)CC1. The van der Waals surface area contributed by atoms with Gasteiger partial charge in [0.1, 0.15) is 5.82 Å². The topological polar surface area (TPSA) is 79.0 Å². The highest BCUT2D eigenvalue weighted by atomic mass is 19.1. The molecule has 0 unspecified atom stereocenters. The van der Waals surface area contributed by atoms with Gasteiger partial charge in [0.05, 0.1) is 39.0 Å². The Morgan fingerprint density at radius 2 is 1.82 bits per heavy atom. The summed E-state index contributed by atoms with van der Waals surface area (Å²) in [6, 6.07) is 10.1. The maximum atomic E-state index is 13.1. The summed E-state index contributed by atoms with van der Waals surface area (Å²) in [4.78, 5) is 27.1. The summed E-state index contributed by atoms with van der Waals surface area (Å²) >= 11 is 0. The van der Waals surface area contributed by atoms with Crippen molar-refractivity contribution >= 4 is 17.5 Å². The van der Waals surface area contributed by atoms with E-state index in [0.717, 1.165) is 37.6 Å². The van der Waals surface area contributed by atoms with Gasteiger partial charge in [0.2, 0.25) is 0 Å². The first-order chi connectivity index (χ1) is 13.6. The van der Waals surface area contributed by atoms with Crippen LogP contribution in [0, 0.1) is 5.82 Å². The number of nitrogens with zero attached hydrogens (tertiary/aromatic N) is 1. The van der Waals surface area contributed by atoms with E-state index < -0.39 is 11.8 Å². The Kier molecular flexibility index (Phi) is 6.65. The fourth-order valence-corrected chi connectivity index (χ4v) is 3.50. The van der Waals surface area contributed by atoms with Crippen molar-refractivity contribution < 1.29 is 23.3 Å². The molecule has 2 heterocycles. The zero-order chi connectivity index (χ0) is 19.9. The summed E-state index contributed by atoms with van der Waals surface area (Å²) in [7, 11) is 0. The predicted molar refractivity (Wildman–Crippen MR) is 102 cm³/mol. The van der Waals surface area contributed by atoms with Crippen LogP contribution in [0.2, 0.25) is 0 Å². The van der Waals surface area contributed by atoms with Crippen LogP contribution in [-0.4, -0.2) is 51.1 Å². The molecule has 1 fully saturated rings. The van der Waals surface area contributed by atoms with Crippen molar-refractivity contribution in [3.8, 4) is 0 Å². The van der Waals surface area contributed by atoms with E-state index in [4.69, 9.17) is 4.42 Å². The van der Waals surface area contributed by atoms with Crippen molar-refractivity contribution in [2.45, 2.75) is 13.0 Å². The van der Waals surface area contributed by atoms with Crippen molar-refractivity contribution in [2.24, 2.45) is 0 Å². The van der Waals surface area contributed by atoms with E-state index in [1.165, 1.54) is 17.0 Å². The highest BCUT2D eigenvalue weighted by Crippen LogP contribution is 2.16. The summed E-state index contributed by atoms with van der Waals surface area (Å²) in [5, 5.41) is 5.21. The third kappa shape index (κ3) is 4.89. The second-order valence-electron chi connectivity index (χ2n) is 6.76. The summed E-state index contributed by atoms with van der Waals surface area (Å²) in [6.45, 7) is 5.77. The van der Waals surface area contributed by atoms with Gasteiger partial charge in [-0.15, -0.1) is 0 Å². The third-order valence-electron chi connectivity index (χ3n) is 4.99. The molecule has 8 heteroatoms. The van der Waals surface area contributed by atoms with E-state index >= 15 is 0 Å². The van der Waals surface area contributed by atoms with Gasteiger partial charge in [-0.2, -0.15) is 0 Å². The van der Waals surface area contributed by atoms with Crippen LogP contribution >= 0.6 is 0 Å². The number of hydrogen-bond donors (Lipinski definition) is 3. The van der Waals surface area contributed by atoms with Gasteiger partial charge in [-0.25, -0.2) is 4.39 Å². The Bertz CT molecular complexity index is 771. The molecule has 1 saturated heterocycles. The lowest BCUT2D eigenvalue weighted by Crippen LogP contribution is -3.15. The molecule has 1 atom stereocenters. The number of furan rings is 1. The van der Waals surface area contributed by atoms with Crippen LogP contribution in [0.25, 0.3) is 0 Å². The van der Waals surface area contributed by atoms with Gasteiger partial charge >= 0.3 is 11.8 Å². The van der Waals surface area contributed by atoms with Crippen LogP contribution in [0.3, 0.4) is 0 Å². The highest BCUT2D eigenvalue weighted by molar-refractivity contribution is 6.35. The molecule has 1 aromatic carbocycles. The zero-order valence-electron chi connectivity index (χ0n) is 15.9. The summed E-state index contributed by atoms with van der Waals surface area (Å²) in [6.07, 6.45) is 1.61. The molecular weight excluding hydrogens is 363 g/mol. The molecule has 0 spiro atoms. The largest absolute Gasteiger partial charge is 0.463 e. The molecule has 2 aromatic rings. The van der Waals surface area contributed by atoms with Gasteiger partial charge in [-0.1, -0.05) is 0 Å². The van der Waals surface area contributed by atoms with Gasteiger partial charge in [-0.05, 0) is 43.3 Å². The quantitative estimate of drug-likeness (QED) is 0.613. The average molecular weight is 389 g/mol. The molecule has 3 N–H and O–H groups in total. The van der Waals surface area contributed by atoms with Crippen molar-refractivity contribution in [2.75, 3.05) is 44.2 Å². The number of quaternary nitrogens is 1. The van der Waals surface area contributed by atoms with Crippen LogP contribution in [0.1, 0.15) is 18.7 Å². The van der Waals surface area contributed by atoms with Gasteiger partial charge in [0.15, 0.2) is 11.8 Å². The van der Waals surface area contributed by atoms with Crippen molar-refractivity contribution in [1.82, 2.24) is 10.6 Å². The number of hydrogen-bond acceptors (Lipinski definition) is 4. The fraction of sp³-hybridized carbons (Fsp3) is 0.400. The van der Waals surface area contributed by atoms with Crippen LogP contribution in [-0.2, 0) is 9.59 Å². The minimum atomic E-state index is -0.636. The van der Waals surface area contributed by atoms with E-state index in [9.17, 15) is 14.0 Å². The molecule has 2 amide bonds. The lowest BCUT2D eigenvalue weighted by Gasteiger charge is -2.37. The molecule has 3 rings (SSSR count). The maximum Gasteiger partial charge on any atom is 0.309 e. The number of amides is 2. The summed E-state index contributed by atoms with van der Waals surface area (Å²) < 4.78 is 18.7. The summed E-state index contributed by atoms with van der Waals surface area (Å²) in [5.74, 6) is -0.727. The van der Waals surface area contributed by atoms with Crippen molar-refractivity contribution in [3.63, 3.8) is 0 Å². The molecule has 28 heavy (non-hydrogen) atoms. The normalized spacial score (nSPS) is 15.9. The maximum absolute atomic E-state index is 13.1. The molecule has 150 valence electrons.